The highest BCUT2D eigenvalue weighted by molar-refractivity contribution is 7.09. The summed E-state index contributed by atoms with van der Waals surface area (Å²) in [5.74, 6) is 0.791. The molecule has 0 N–H and O–H groups in total. The van der Waals surface area contributed by atoms with Crippen molar-refractivity contribution in [1.82, 2.24) is 14.8 Å². The summed E-state index contributed by atoms with van der Waals surface area (Å²) in [5.41, 5.74) is 1.08. The highest BCUT2D eigenvalue weighted by Crippen LogP contribution is 2.15. The molecule has 0 radical (unpaired) electrons. The maximum absolute atomic E-state index is 12.5. The van der Waals surface area contributed by atoms with Crippen LogP contribution in [0.25, 0.3) is 0 Å². The van der Waals surface area contributed by atoms with E-state index in [0.717, 1.165) is 49.2 Å². The topological polar surface area (TPSA) is 45.7 Å². The number of piperazine rings is 1. The van der Waals surface area contributed by atoms with E-state index < -0.39 is 6.10 Å². The molecular formula is C18H24ClN3O2S. The largest absolute Gasteiger partial charge is 0.481 e. The minimum absolute atomic E-state index is 0. The minimum Gasteiger partial charge on any atom is -0.481 e. The molecule has 1 aliphatic heterocycles. The quantitative estimate of drug-likeness (QED) is 0.798. The number of benzene rings is 1. The van der Waals surface area contributed by atoms with Crippen molar-refractivity contribution >= 4 is 29.7 Å². The number of carbonyl (C=O) groups excluding carboxylic acids is 1. The molecule has 25 heavy (non-hydrogen) atoms. The van der Waals surface area contributed by atoms with E-state index in [-0.39, 0.29) is 18.3 Å². The first-order valence-corrected chi connectivity index (χ1v) is 9.13. The summed E-state index contributed by atoms with van der Waals surface area (Å²) in [5, 5.41) is 3.23. The molecule has 136 valence electrons. The van der Waals surface area contributed by atoms with Crippen LogP contribution in [0.3, 0.4) is 0 Å². The van der Waals surface area contributed by atoms with Gasteiger partial charge in [0.2, 0.25) is 0 Å². The first kappa shape index (κ1) is 19.7. The normalized spacial score (nSPS) is 16.2. The molecule has 1 saturated heterocycles. The van der Waals surface area contributed by atoms with Gasteiger partial charge < -0.3 is 9.64 Å². The first-order chi connectivity index (χ1) is 11.6. The van der Waals surface area contributed by atoms with Crippen molar-refractivity contribution in [2.75, 3.05) is 26.2 Å². The molecule has 5 nitrogen and oxygen atoms in total. The van der Waals surface area contributed by atoms with Gasteiger partial charge in [0.1, 0.15) is 10.8 Å². The molecule has 0 saturated carbocycles. The smallest absolute Gasteiger partial charge is 0.263 e. The molecular weight excluding hydrogens is 358 g/mol. The molecule has 1 atom stereocenters. The average Bonchev–Trinajstić information content (AvgIpc) is 3.00. The van der Waals surface area contributed by atoms with Crippen molar-refractivity contribution < 1.29 is 9.53 Å². The number of amides is 1. The number of aromatic nitrogens is 1. The van der Waals surface area contributed by atoms with Crippen LogP contribution in [-0.4, -0.2) is 53.0 Å². The maximum atomic E-state index is 12.5. The molecule has 1 amide bonds. The van der Waals surface area contributed by atoms with E-state index >= 15 is 0 Å². The van der Waals surface area contributed by atoms with Crippen LogP contribution in [0, 0.1) is 6.92 Å². The Hall–Kier alpha value is -1.63. The van der Waals surface area contributed by atoms with Crippen molar-refractivity contribution in [1.29, 1.82) is 0 Å². The lowest BCUT2D eigenvalue weighted by atomic mass is 10.2. The van der Waals surface area contributed by atoms with Crippen LogP contribution >= 0.6 is 23.7 Å². The number of hydrogen-bond acceptors (Lipinski definition) is 5. The Morgan fingerprint density at radius 3 is 2.52 bits per heavy atom. The number of nitrogens with zero attached hydrogens (tertiary/aromatic N) is 3. The highest BCUT2D eigenvalue weighted by atomic mass is 35.5. The maximum Gasteiger partial charge on any atom is 0.263 e. The second-order valence-corrected chi connectivity index (χ2v) is 7.00. The summed E-state index contributed by atoms with van der Waals surface area (Å²) in [6.45, 7) is 7.95. The van der Waals surface area contributed by atoms with Gasteiger partial charge in [-0.1, -0.05) is 18.2 Å². The lowest BCUT2D eigenvalue weighted by Crippen LogP contribution is -2.51. The van der Waals surface area contributed by atoms with Crippen LogP contribution < -0.4 is 4.74 Å². The average molecular weight is 382 g/mol. The number of aryl methyl sites for hydroxylation is 1. The van der Waals surface area contributed by atoms with Crippen LogP contribution in [-0.2, 0) is 11.3 Å². The van der Waals surface area contributed by atoms with Gasteiger partial charge in [-0.2, -0.15) is 0 Å². The number of halogens is 1. The third-order valence-corrected chi connectivity index (χ3v) is 5.06. The fourth-order valence-corrected chi connectivity index (χ4v) is 3.62. The Balaban J connectivity index is 0.00000225. The lowest BCUT2D eigenvalue weighted by molar-refractivity contribution is -0.139. The van der Waals surface area contributed by atoms with Crippen LogP contribution in [0.2, 0.25) is 0 Å². The molecule has 0 bridgehead atoms. The van der Waals surface area contributed by atoms with Crippen molar-refractivity contribution in [3.8, 4) is 5.75 Å². The van der Waals surface area contributed by atoms with E-state index in [1.807, 2.05) is 49.1 Å². The molecule has 1 aliphatic rings. The molecule has 7 heteroatoms. The van der Waals surface area contributed by atoms with Crippen molar-refractivity contribution in [2.24, 2.45) is 0 Å². The number of para-hydroxylation sites is 1. The number of carbonyl (C=O) groups is 1. The zero-order valence-corrected chi connectivity index (χ0v) is 16.2. The molecule has 1 unspecified atom stereocenters. The molecule has 2 aromatic rings. The summed E-state index contributed by atoms with van der Waals surface area (Å²) >= 11 is 1.70. The van der Waals surface area contributed by atoms with Crippen LogP contribution in [0.4, 0.5) is 0 Å². The second-order valence-electron chi connectivity index (χ2n) is 6.06. The molecule has 3 rings (SSSR count). The zero-order chi connectivity index (χ0) is 16.9. The Labute approximate surface area is 159 Å². The standard InChI is InChI=1S/C18H23N3O2S.ClH/c1-14-13-24-17(19-14)12-20-8-10-21(11-9-20)18(22)15(2)23-16-6-4-3-5-7-16;/h3-7,13,15H,8-12H2,1-2H3;1H. The summed E-state index contributed by atoms with van der Waals surface area (Å²) < 4.78 is 5.74. The fourth-order valence-electron chi connectivity index (χ4n) is 2.80. The van der Waals surface area contributed by atoms with E-state index in [2.05, 4.69) is 15.3 Å². The molecule has 1 fully saturated rings. The minimum atomic E-state index is -0.458. The monoisotopic (exact) mass is 381 g/mol. The third kappa shape index (κ3) is 5.42. The van der Waals surface area contributed by atoms with Gasteiger partial charge in [-0.3, -0.25) is 9.69 Å². The Bertz CT molecular complexity index is 672. The van der Waals surface area contributed by atoms with E-state index in [0.29, 0.717) is 0 Å². The van der Waals surface area contributed by atoms with Gasteiger partial charge in [0.25, 0.3) is 5.91 Å². The van der Waals surface area contributed by atoms with Gasteiger partial charge in [-0.05, 0) is 26.0 Å². The van der Waals surface area contributed by atoms with Crippen molar-refractivity contribution in [3.05, 3.63) is 46.4 Å². The highest BCUT2D eigenvalue weighted by Gasteiger charge is 2.26. The molecule has 0 aliphatic carbocycles. The SMILES string of the molecule is Cc1csc(CN2CCN(C(=O)C(C)Oc3ccccc3)CC2)n1.Cl. The number of thiazole rings is 1. The van der Waals surface area contributed by atoms with Crippen LogP contribution in [0.15, 0.2) is 35.7 Å². The Morgan fingerprint density at radius 1 is 1.24 bits per heavy atom. The van der Waals surface area contributed by atoms with Gasteiger partial charge in [-0.25, -0.2) is 4.98 Å². The molecule has 2 heterocycles. The summed E-state index contributed by atoms with van der Waals surface area (Å²) in [6.07, 6.45) is -0.458. The van der Waals surface area contributed by atoms with Gasteiger partial charge in [0, 0.05) is 37.3 Å². The Kier molecular flexibility index (Phi) is 7.23. The summed E-state index contributed by atoms with van der Waals surface area (Å²) in [6, 6.07) is 9.50. The predicted molar refractivity (Wildman–Crippen MR) is 102 cm³/mol. The van der Waals surface area contributed by atoms with E-state index in [1.165, 1.54) is 0 Å². The van der Waals surface area contributed by atoms with Crippen molar-refractivity contribution in [3.63, 3.8) is 0 Å². The van der Waals surface area contributed by atoms with Crippen LogP contribution in [0.5, 0.6) is 5.75 Å². The first-order valence-electron chi connectivity index (χ1n) is 8.25. The Morgan fingerprint density at radius 2 is 1.92 bits per heavy atom. The fraction of sp³-hybridized carbons (Fsp3) is 0.444. The van der Waals surface area contributed by atoms with Gasteiger partial charge >= 0.3 is 0 Å². The second kappa shape index (κ2) is 9.17. The van der Waals surface area contributed by atoms with Gasteiger partial charge in [-0.15, -0.1) is 23.7 Å². The number of ether oxygens (including phenoxy) is 1. The predicted octanol–water partition coefficient (Wildman–Crippen LogP) is 2.99. The van der Waals surface area contributed by atoms with Gasteiger partial charge in [0.05, 0.1) is 6.54 Å². The molecule has 1 aromatic heterocycles. The van der Waals surface area contributed by atoms with E-state index in [1.54, 1.807) is 11.3 Å². The molecule has 0 spiro atoms. The number of rotatable bonds is 5. The third-order valence-electron chi connectivity index (χ3n) is 4.11. The summed E-state index contributed by atoms with van der Waals surface area (Å²) in [7, 11) is 0. The zero-order valence-electron chi connectivity index (χ0n) is 14.6. The summed E-state index contributed by atoms with van der Waals surface area (Å²) in [4.78, 5) is 21.3. The van der Waals surface area contributed by atoms with E-state index in [9.17, 15) is 4.79 Å². The van der Waals surface area contributed by atoms with Crippen LogP contribution in [0.1, 0.15) is 17.6 Å². The number of hydrogen-bond donors (Lipinski definition) is 0. The molecule has 1 aromatic carbocycles. The van der Waals surface area contributed by atoms with Gasteiger partial charge in [0.15, 0.2) is 6.10 Å². The van der Waals surface area contributed by atoms with Crippen molar-refractivity contribution in [2.45, 2.75) is 26.5 Å². The lowest BCUT2D eigenvalue weighted by Gasteiger charge is -2.35. The van der Waals surface area contributed by atoms with E-state index in [4.69, 9.17) is 4.74 Å².